The number of esters is 1. The molecule has 0 aromatic heterocycles. The van der Waals surface area contributed by atoms with Crippen molar-refractivity contribution in [3.8, 4) is 6.07 Å². The maximum atomic E-state index is 13.3. The summed E-state index contributed by atoms with van der Waals surface area (Å²) in [7, 11) is 0. The van der Waals surface area contributed by atoms with Gasteiger partial charge < -0.3 is 4.74 Å². The van der Waals surface area contributed by atoms with Crippen molar-refractivity contribution in [2.45, 2.75) is 25.7 Å². The van der Waals surface area contributed by atoms with Crippen LogP contribution in [-0.4, -0.2) is 24.4 Å². The fourth-order valence-corrected chi connectivity index (χ4v) is 3.81. The van der Waals surface area contributed by atoms with Gasteiger partial charge in [-0.25, -0.2) is 4.79 Å². The lowest BCUT2D eigenvalue weighted by molar-refractivity contribution is -0.151. The number of benzene rings is 2. The molecule has 1 fully saturated rings. The van der Waals surface area contributed by atoms with Crippen LogP contribution >= 0.6 is 15.9 Å². The van der Waals surface area contributed by atoms with Gasteiger partial charge in [-0.3, -0.25) is 14.5 Å². The Bertz CT molecular complexity index is 995. The van der Waals surface area contributed by atoms with E-state index in [9.17, 15) is 19.6 Å². The number of rotatable bonds is 5. The lowest BCUT2D eigenvalue weighted by Gasteiger charge is -2.29. The number of amides is 2. The van der Waals surface area contributed by atoms with E-state index < -0.39 is 29.1 Å². The van der Waals surface area contributed by atoms with Crippen molar-refractivity contribution in [3.63, 3.8) is 0 Å². The molecule has 3 rings (SSSR count). The van der Waals surface area contributed by atoms with E-state index in [2.05, 4.69) is 15.9 Å². The van der Waals surface area contributed by atoms with E-state index in [1.54, 1.807) is 55.5 Å². The number of carbonyl (C=O) groups excluding carboxylic acids is 3. The van der Waals surface area contributed by atoms with Gasteiger partial charge in [0.2, 0.25) is 11.8 Å². The van der Waals surface area contributed by atoms with Gasteiger partial charge in [0, 0.05) is 10.9 Å². The molecule has 29 heavy (non-hydrogen) atoms. The van der Waals surface area contributed by atoms with Crippen LogP contribution in [0, 0.1) is 24.2 Å². The highest BCUT2D eigenvalue weighted by molar-refractivity contribution is 9.10. The largest absolute Gasteiger partial charge is 0.465 e. The molecule has 1 aliphatic rings. The van der Waals surface area contributed by atoms with Crippen LogP contribution in [0.2, 0.25) is 0 Å². The number of hydrogen-bond donors (Lipinski definition) is 0. The molecule has 0 unspecified atom stereocenters. The first-order chi connectivity index (χ1) is 13.8. The first kappa shape index (κ1) is 20.7. The Kier molecular flexibility index (Phi) is 5.85. The molecule has 2 aromatic carbocycles. The second kappa shape index (κ2) is 8.18. The zero-order valence-electron chi connectivity index (χ0n) is 16.0. The minimum atomic E-state index is -1.90. The summed E-state index contributed by atoms with van der Waals surface area (Å²) >= 11 is 3.32. The van der Waals surface area contributed by atoms with E-state index in [-0.39, 0.29) is 13.0 Å². The number of imide groups is 1. The molecule has 0 saturated carbocycles. The Balaban J connectivity index is 2.11. The molecule has 0 aliphatic carbocycles. The number of anilines is 1. The molecule has 6 nitrogen and oxygen atoms in total. The Morgan fingerprint density at radius 1 is 1.21 bits per heavy atom. The Hall–Kier alpha value is -2.98. The Labute approximate surface area is 177 Å². The zero-order valence-corrected chi connectivity index (χ0v) is 17.6. The molecule has 1 saturated heterocycles. The molecule has 0 spiro atoms. The molecule has 2 amide bonds. The predicted octanol–water partition coefficient (Wildman–Crippen LogP) is 3.66. The molecular weight excluding hydrogens is 436 g/mol. The number of nitriles is 1. The smallest absolute Gasteiger partial charge is 0.331 e. The number of ether oxygens (including phenoxy) is 1. The van der Waals surface area contributed by atoms with Crippen molar-refractivity contribution in [1.82, 2.24) is 0 Å². The van der Waals surface area contributed by atoms with Crippen molar-refractivity contribution in [1.29, 1.82) is 5.26 Å². The lowest BCUT2D eigenvalue weighted by atomic mass is 9.70. The SMILES string of the molecule is CCOC(=O)[C@](C#N)(c1ccc(C)cc1)[C@@H]1CC(=O)N(c2ccc(Br)cc2)C1=O. The van der Waals surface area contributed by atoms with E-state index in [0.717, 1.165) is 14.9 Å². The fourth-order valence-electron chi connectivity index (χ4n) is 3.54. The molecule has 0 radical (unpaired) electrons. The van der Waals surface area contributed by atoms with E-state index in [4.69, 9.17) is 4.74 Å². The van der Waals surface area contributed by atoms with Gasteiger partial charge in [-0.15, -0.1) is 0 Å². The van der Waals surface area contributed by atoms with Crippen molar-refractivity contribution in [2.24, 2.45) is 5.92 Å². The van der Waals surface area contributed by atoms with Crippen LogP contribution in [-0.2, 0) is 24.5 Å². The van der Waals surface area contributed by atoms with Crippen LogP contribution in [0.5, 0.6) is 0 Å². The molecule has 7 heteroatoms. The summed E-state index contributed by atoms with van der Waals surface area (Å²) in [5.41, 5.74) is -0.228. The number of carbonyl (C=O) groups is 3. The van der Waals surface area contributed by atoms with Gasteiger partial charge >= 0.3 is 5.97 Å². The highest BCUT2D eigenvalue weighted by Crippen LogP contribution is 2.42. The maximum Gasteiger partial charge on any atom is 0.331 e. The van der Waals surface area contributed by atoms with Crippen LogP contribution in [0.3, 0.4) is 0 Å². The van der Waals surface area contributed by atoms with Crippen LogP contribution in [0.25, 0.3) is 0 Å². The second-order valence-corrected chi connectivity index (χ2v) is 7.72. The average Bonchev–Trinajstić information content (AvgIpc) is 3.00. The normalized spacial score (nSPS) is 18.3. The summed E-state index contributed by atoms with van der Waals surface area (Å²) in [6.07, 6.45) is -0.255. The molecule has 1 heterocycles. The third-order valence-electron chi connectivity index (χ3n) is 5.03. The summed E-state index contributed by atoms with van der Waals surface area (Å²) in [5, 5.41) is 10.1. The highest BCUT2D eigenvalue weighted by Gasteiger charge is 2.58. The zero-order chi connectivity index (χ0) is 21.2. The highest BCUT2D eigenvalue weighted by atomic mass is 79.9. The van der Waals surface area contributed by atoms with Gasteiger partial charge in [-0.05, 0) is 43.7 Å². The van der Waals surface area contributed by atoms with Gasteiger partial charge in [0.25, 0.3) is 0 Å². The molecule has 2 atom stereocenters. The van der Waals surface area contributed by atoms with Crippen molar-refractivity contribution >= 4 is 39.4 Å². The summed E-state index contributed by atoms with van der Waals surface area (Å²) in [6.45, 7) is 3.56. The van der Waals surface area contributed by atoms with E-state index in [1.165, 1.54) is 0 Å². The minimum absolute atomic E-state index is 0.0550. The van der Waals surface area contributed by atoms with Crippen LogP contribution in [0.4, 0.5) is 5.69 Å². The van der Waals surface area contributed by atoms with Gasteiger partial charge in [-0.2, -0.15) is 5.26 Å². The molecule has 2 aromatic rings. The first-order valence-corrected chi connectivity index (χ1v) is 9.92. The minimum Gasteiger partial charge on any atom is -0.465 e. The van der Waals surface area contributed by atoms with Crippen LogP contribution in [0.1, 0.15) is 24.5 Å². The van der Waals surface area contributed by atoms with E-state index in [1.807, 2.05) is 13.0 Å². The van der Waals surface area contributed by atoms with Gasteiger partial charge in [0.15, 0.2) is 5.41 Å². The summed E-state index contributed by atoms with van der Waals surface area (Å²) in [6, 6.07) is 15.5. The maximum absolute atomic E-state index is 13.3. The third-order valence-corrected chi connectivity index (χ3v) is 5.56. The van der Waals surface area contributed by atoms with Crippen LogP contribution in [0.15, 0.2) is 53.0 Å². The van der Waals surface area contributed by atoms with E-state index >= 15 is 0 Å². The molecule has 0 N–H and O–H groups in total. The van der Waals surface area contributed by atoms with Gasteiger partial charge in [-0.1, -0.05) is 45.8 Å². The predicted molar refractivity (Wildman–Crippen MR) is 110 cm³/mol. The molecule has 148 valence electrons. The van der Waals surface area contributed by atoms with E-state index in [0.29, 0.717) is 11.3 Å². The number of nitrogens with zero attached hydrogens (tertiary/aromatic N) is 2. The number of aryl methyl sites for hydroxylation is 1. The quantitative estimate of drug-likeness (QED) is 0.507. The number of halogens is 1. The standard InChI is InChI=1S/C22H19BrN2O4/c1-3-29-21(28)22(13-24,15-6-4-14(2)5-7-15)18-12-19(26)25(20(18)27)17-10-8-16(23)9-11-17/h4-11,18H,3,12H2,1-2H3/t18-,22-/m1/s1. The van der Waals surface area contributed by atoms with Gasteiger partial charge in [0.05, 0.1) is 24.3 Å². The molecular formula is C22H19BrN2O4. The fraction of sp³-hybridized carbons (Fsp3) is 0.273. The monoisotopic (exact) mass is 454 g/mol. The lowest BCUT2D eigenvalue weighted by Crippen LogP contribution is -2.47. The first-order valence-electron chi connectivity index (χ1n) is 9.13. The third kappa shape index (κ3) is 3.56. The average molecular weight is 455 g/mol. The molecule has 0 bridgehead atoms. The topological polar surface area (TPSA) is 87.5 Å². The van der Waals surface area contributed by atoms with Crippen LogP contribution < -0.4 is 4.90 Å². The number of hydrogen-bond acceptors (Lipinski definition) is 5. The molecule has 1 aliphatic heterocycles. The summed E-state index contributed by atoms with van der Waals surface area (Å²) < 4.78 is 5.99. The van der Waals surface area contributed by atoms with Crippen molar-refractivity contribution in [3.05, 3.63) is 64.1 Å². The second-order valence-electron chi connectivity index (χ2n) is 6.81. The Morgan fingerprint density at radius 3 is 2.38 bits per heavy atom. The van der Waals surface area contributed by atoms with Crippen molar-refractivity contribution < 1.29 is 19.1 Å². The summed E-state index contributed by atoms with van der Waals surface area (Å²) in [4.78, 5) is 40.0. The van der Waals surface area contributed by atoms with Gasteiger partial charge in [0.1, 0.15) is 0 Å². The van der Waals surface area contributed by atoms with Crippen molar-refractivity contribution in [2.75, 3.05) is 11.5 Å². The Morgan fingerprint density at radius 2 is 1.83 bits per heavy atom. The summed E-state index contributed by atoms with van der Waals surface area (Å²) in [5.74, 6) is -3.05.